The van der Waals surface area contributed by atoms with Gasteiger partial charge in [-0.05, 0) is 48.6 Å². The van der Waals surface area contributed by atoms with Gasteiger partial charge in [-0.1, -0.05) is 18.2 Å². The van der Waals surface area contributed by atoms with Crippen LogP contribution in [0.15, 0.2) is 42.5 Å². The number of rotatable bonds is 6. The first-order valence-corrected chi connectivity index (χ1v) is 10.8. The SMILES string of the molecule is COc1cc(C(=O)N2CC(CCC(=O)O)Cc3ccccc32)ccc1N1CCC(=O)NC1=O. The van der Waals surface area contributed by atoms with Crippen LogP contribution in [0.3, 0.4) is 0 Å². The summed E-state index contributed by atoms with van der Waals surface area (Å²) in [6.07, 6.45) is 1.44. The Hall–Kier alpha value is -3.88. The average Bonchev–Trinajstić information content (AvgIpc) is 2.81. The maximum Gasteiger partial charge on any atom is 0.328 e. The van der Waals surface area contributed by atoms with Crippen molar-refractivity contribution in [3.8, 4) is 5.75 Å². The minimum atomic E-state index is -0.851. The van der Waals surface area contributed by atoms with E-state index in [4.69, 9.17) is 9.84 Å². The standard InChI is InChI=1S/C24H25N3O6/c1-33-20-13-17(7-8-19(20)26-11-10-21(28)25-24(26)32)23(31)27-14-15(6-9-22(29)30)12-16-4-2-3-5-18(16)27/h2-5,7-8,13,15H,6,9-12,14H2,1H3,(H,29,30)(H,25,28,32). The fourth-order valence-corrected chi connectivity index (χ4v) is 4.38. The molecule has 2 aliphatic heterocycles. The molecule has 1 unspecified atom stereocenters. The summed E-state index contributed by atoms with van der Waals surface area (Å²) in [7, 11) is 1.46. The molecule has 4 rings (SSSR count). The van der Waals surface area contributed by atoms with Crippen LogP contribution in [-0.4, -0.2) is 49.1 Å². The van der Waals surface area contributed by atoms with E-state index in [1.165, 1.54) is 12.0 Å². The van der Waals surface area contributed by atoms with Crippen molar-refractivity contribution in [3.05, 3.63) is 53.6 Å². The number of benzene rings is 2. The van der Waals surface area contributed by atoms with Crippen molar-refractivity contribution in [3.63, 3.8) is 0 Å². The topological polar surface area (TPSA) is 116 Å². The lowest BCUT2D eigenvalue weighted by atomic mass is 9.88. The summed E-state index contributed by atoms with van der Waals surface area (Å²) in [5.41, 5.74) is 2.67. The molecule has 9 heteroatoms. The van der Waals surface area contributed by atoms with Crippen LogP contribution < -0.4 is 19.9 Å². The number of carbonyl (C=O) groups is 4. The van der Waals surface area contributed by atoms with Crippen molar-refractivity contribution in [2.24, 2.45) is 5.92 Å². The number of ether oxygens (including phenoxy) is 1. The van der Waals surface area contributed by atoms with Crippen LogP contribution in [0.1, 0.15) is 35.2 Å². The van der Waals surface area contributed by atoms with Crippen LogP contribution in [0.2, 0.25) is 0 Å². The minimum absolute atomic E-state index is 0.0377. The molecule has 172 valence electrons. The number of urea groups is 1. The number of carboxylic acids is 1. The number of anilines is 2. The molecule has 2 aromatic rings. The summed E-state index contributed by atoms with van der Waals surface area (Å²) in [4.78, 5) is 51.4. The molecule has 4 amide bonds. The average molecular weight is 451 g/mol. The van der Waals surface area contributed by atoms with Gasteiger partial charge in [-0.3, -0.25) is 24.6 Å². The zero-order chi connectivity index (χ0) is 23.5. The van der Waals surface area contributed by atoms with Crippen LogP contribution in [-0.2, 0) is 16.0 Å². The summed E-state index contributed by atoms with van der Waals surface area (Å²) in [5.74, 6) is -1.03. The molecule has 2 N–H and O–H groups in total. The third-order valence-corrected chi connectivity index (χ3v) is 6.01. The highest BCUT2D eigenvalue weighted by Crippen LogP contribution is 2.35. The number of para-hydroxylation sites is 1. The van der Waals surface area contributed by atoms with Crippen molar-refractivity contribution in [2.75, 3.05) is 30.0 Å². The zero-order valence-corrected chi connectivity index (χ0v) is 18.2. The predicted molar refractivity (Wildman–Crippen MR) is 121 cm³/mol. The summed E-state index contributed by atoms with van der Waals surface area (Å²) in [5, 5.41) is 11.4. The lowest BCUT2D eigenvalue weighted by Gasteiger charge is -2.35. The first-order valence-electron chi connectivity index (χ1n) is 10.8. The maximum absolute atomic E-state index is 13.5. The summed E-state index contributed by atoms with van der Waals surface area (Å²) >= 11 is 0. The minimum Gasteiger partial charge on any atom is -0.495 e. The van der Waals surface area contributed by atoms with Gasteiger partial charge in [-0.2, -0.15) is 0 Å². The molecule has 2 aliphatic rings. The highest BCUT2D eigenvalue weighted by atomic mass is 16.5. The Labute approximate surface area is 190 Å². The van der Waals surface area contributed by atoms with Crippen molar-refractivity contribution in [1.82, 2.24) is 5.32 Å². The molecule has 0 saturated carbocycles. The normalized spacial score (nSPS) is 17.9. The second-order valence-electron chi connectivity index (χ2n) is 8.19. The van der Waals surface area contributed by atoms with Crippen LogP contribution >= 0.6 is 0 Å². The number of imide groups is 1. The van der Waals surface area contributed by atoms with E-state index in [1.807, 2.05) is 24.3 Å². The first-order chi connectivity index (χ1) is 15.9. The van der Waals surface area contributed by atoms with Gasteiger partial charge in [-0.15, -0.1) is 0 Å². The maximum atomic E-state index is 13.5. The van der Waals surface area contributed by atoms with Gasteiger partial charge >= 0.3 is 12.0 Å². The third-order valence-electron chi connectivity index (χ3n) is 6.01. The van der Waals surface area contributed by atoms with E-state index in [1.54, 1.807) is 23.1 Å². The van der Waals surface area contributed by atoms with Gasteiger partial charge in [0.05, 0.1) is 12.8 Å². The van der Waals surface area contributed by atoms with Crippen LogP contribution in [0, 0.1) is 5.92 Å². The number of amides is 4. The number of hydrogen-bond acceptors (Lipinski definition) is 5. The van der Waals surface area contributed by atoms with Gasteiger partial charge in [0.15, 0.2) is 0 Å². The monoisotopic (exact) mass is 451 g/mol. The Morgan fingerprint density at radius 3 is 2.67 bits per heavy atom. The fourth-order valence-electron chi connectivity index (χ4n) is 4.38. The van der Waals surface area contributed by atoms with Gasteiger partial charge in [0.2, 0.25) is 5.91 Å². The Morgan fingerprint density at radius 1 is 1.15 bits per heavy atom. The number of carboxylic acid groups (broad SMARTS) is 1. The number of aliphatic carboxylic acids is 1. The fraction of sp³-hybridized carbons (Fsp3) is 0.333. The molecule has 1 saturated heterocycles. The van der Waals surface area contributed by atoms with E-state index < -0.39 is 12.0 Å². The second-order valence-corrected chi connectivity index (χ2v) is 8.19. The molecule has 0 radical (unpaired) electrons. The van der Waals surface area contributed by atoms with Gasteiger partial charge in [0.1, 0.15) is 5.75 Å². The number of fused-ring (bicyclic) bond motifs is 1. The molecule has 9 nitrogen and oxygen atoms in total. The first kappa shape index (κ1) is 22.3. The third kappa shape index (κ3) is 4.67. The van der Waals surface area contributed by atoms with E-state index in [0.717, 1.165) is 17.7 Å². The van der Waals surface area contributed by atoms with Crippen molar-refractivity contribution < 1.29 is 29.0 Å². The molecule has 1 fully saturated rings. The highest BCUT2D eigenvalue weighted by molar-refractivity contribution is 6.09. The lowest BCUT2D eigenvalue weighted by Crippen LogP contribution is -2.49. The second kappa shape index (κ2) is 9.32. The molecule has 0 aromatic heterocycles. The van der Waals surface area contributed by atoms with Gasteiger partial charge in [0.25, 0.3) is 5.91 Å². The van der Waals surface area contributed by atoms with Crippen molar-refractivity contribution in [1.29, 1.82) is 0 Å². The summed E-state index contributed by atoms with van der Waals surface area (Å²) in [6.45, 7) is 0.642. The number of carbonyl (C=O) groups excluding carboxylic acids is 3. The molecule has 0 spiro atoms. The molecule has 2 aromatic carbocycles. The Kier molecular flexibility index (Phi) is 6.30. The molecule has 2 heterocycles. The smallest absolute Gasteiger partial charge is 0.328 e. The molecule has 0 bridgehead atoms. The lowest BCUT2D eigenvalue weighted by molar-refractivity contribution is -0.137. The van der Waals surface area contributed by atoms with E-state index in [-0.39, 0.29) is 37.1 Å². The zero-order valence-electron chi connectivity index (χ0n) is 18.2. The Morgan fingerprint density at radius 2 is 1.94 bits per heavy atom. The Bertz CT molecular complexity index is 1120. The Balaban J connectivity index is 1.62. The van der Waals surface area contributed by atoms with E-state index in [0.29, 0.717) is 30.0 Å². The predicted octanol–water partition coefficient (Wildman–Crippen LogP) is 2.83. The van der Waals surface area contributed by atoms with E-state index in [2.05, 4.69) is 5.32 Å². The number of methoxy groups -OCH3 is 1. The molecule has 0 aliphatic carbocycles. The van der Waals surface area contributed by atoms with Crippen molar-refractivity contribution >= 4 is 35.2 Å². The van der Waals surface area contributed by atoms with E-state index in [9.17, 15) is 19.2 Å². The molecular formula is C24H25N3O6. The van der Waals surface area contributed by atoms with E-state index >= 15 is 0 Å². The van der Waals surface area contributed by atoms with Gasteiger partial charge in [0, 0.05) is 37.2 Å². The highest BCUT2D eigenvalue weighted by Gasteiger charge is 2.31. The number of nitrogens with one attached hydrogen (secondary N) is 1. The number of hydrogen-bond donors (Lipinski definition) is 2. The molecule has 1 atom stereocenters. The van der Waals surface area contributed by atoms with Crippen LogP contribution in [0.4, 0.5) is 16.2 Å². The largest absolute Gasteiger partial charge is 0.495 e. The molecule has 33 heavy (non-hydrogen) atoms. The number of nitrogens with zero attached hydrogens (tertiary/aromatic N) is 2. The van der Waals surface area contributed by atoms with Gasteiger partial charge in [-0.25, -0.2) is 4.79 Å². The van der Waals surface area contributed by atoms with Gasteiger partial charge < -0.3 is 14.7 Å². The summed E-state index contributed by atoms with van der Waals surface area (Å²) in [6, 6.07) is 12.0. The van der Waals surface area contributed by atoms with Crippen LogP contribution in [0.25, 0.3) is 0 Å². The van der Waals surface area contributed by atoms with Crippen molar-refractivity contribution in [2.45, 2.75) is 25.7 Å². The van der Waals surface area contributed by atoms with Crippen LogP contribution in [0.5, 0.6) is 5.75 Å². The summed E-state index contributed by atoms with van der Waals surface area (Å²) < 4.78 is 5.46. The quantitative estimate of drug-likeness (QED) is 0.698. The molecular weight excluding hydrogens is 426 g/mol.